The van der Waals surface area contributed by atoms with E-state index in [2.05, 4.69) is 22.5 Å². The summed E-state index contributed by atoms with van der Waals surface area (Å²) >= 11 is 0. The molecule has 120 valence electrons. The molecule has 0 aliphatic carbocycles. The number of urea groups is 1. The van der Waals surface area contributed by atoms with Gasteiger partial charge in [0.05, 0.1) is 24.8 Å². The highest BCUT2D eigenvalue weighted by molar-refractivity contribution is 5.74. The molecule has 2 amide bonds. The number of nitrogens with one attached hydrogen (secondary N) is 2. The van der Waals surface area contributed by atoms with Crippen LogP contribution >= 0.6 is 0 Å². The molecule has 0 aromatic heterocycles. The van der Waals surface area contributed by atoms with E-state index >= 15 is 0 Å². The third-order valence-electron chi connectivity index (χ3n) is 2.81. The lowest BCUT2D eigenvalue weighted by Gasteiger charge is -2.13. The molecule has 1 aromatic carbocycles. The molecule has 0 saturated heterocycles. The number of hydrogen-bond donors (Lipinski definition) is 3. The van der Waals surface area contributed by atoms with Crippen LogP contribution in [0.15, 0.2) is 24.3 Å². The van der Waals surface area contributed by atoms with Gasteiger partial charge in [0.15, 0.2) is 0 Å². The molecule has 1 atom stereocenters. The fourth-order valence-corrected chi connectivity index (χ4v) is 1.56. The molecule has 3 N–H and O–H groups in total. The van der Waals surface area contributed by atoms with Crippen LogP contribution in [0.2, 0.25) is 0 Å². The van der Waals surface area contributed by atoms with Crippen LogP contribution in [-0.2, 0) is 6.18 Å². The zero-order chi connectivity index (χ0) is 16.6. The van der Waals surface area contributed by atoms with E-state index in [1.54, 1.807) is 0 Å². The van der Waals surface area contributed by atoms with E-state index in [1.165, 1.54) is 12.1 Å². The third kappa shape index (κ3) is 6.06. The Balaban J connectivity index is 2.53. The standard InChI is InChI=1S/C15H17F3N2O2/c1-2-13(10-21)20-14(22)19-8-4-6-11-5-3-7-12(9-11)15(16,17)18/h3,5,7,9,13,21H,2,8,10H2,1H3,(H2,19,20,22). The molecule has 4 nitrogen and oxygen atoms in total. The van der Waals surface area contributed by atoms with E-state index < -0.39 is 17.8 Å². The van der Waals surface area contributed by atoms with E-state index in [9.17, 15) is 18.0 Å². The zero-order valence-corrected chi connectivity index (χ0v) is 12.0. The second-order valence-corrected chi connectivity index (χ2v) is 4.50. The fourth-order valence-electron chi connectivity index (χ4n) is 1.56. The van der Waals surface area contributed by atoms with Gasteiger partial charge in [-0.15, -0.1) is 0 Å². The third-order valence-corrected chi connectivity index (χ3v) is 2.81. The summed E-state index contributed by atoms with van der Waals surface area (Å²) in [6.07, 6.45) is -3.82. The van der Waals surface area contributed by atoms with Crippen LogP contribution in [0.1, 0.15) is 24.5 Å². The number of alkyl halides is 3. The Morgan fingerprint density at radius 3 is 2.73 bits per heavy atom. The van der Waals surface area contributed by atoms with Gasteiger partial charge in [0.1, 0.15) is 0 Å². The molecular formula is C15H17F3N2O2. The number of amides is 2. The van der Waals surface area contributed by atoms with E-state index in [0.29, 0.717) is 6.42 Å². The van der Waals surface area contributed by atoms with E-state index in [1.807, 2.05) is 6.92 Å². The smallest absolute Gasteiger partial charge is 0.394 e. The highest BCUT2D eigenvalue weighted by Gasteiger charge is 2.30. The SMILES string of the molecule is CCC(CO)NC(=O)NCC#Cc1cccc(C(F)(F)F)c1. The maximum atomic E-state index is 12.5. The highest BCUT2D eigenvalue weighted by Crippen LogP contribution is 2.29. The van der Waals surface area contributed by atoms with Crippen LogP contribution < -0.4 is 10.6 Å². The second kappa shape index (κ2) is 8.29. The highest BCUT2D eigenvalue weighted by atomic mass is 19.4. The van der Waals surface area contributed by atoms with Crippen LogP contribution in [0.3, 0.4) is 0 Å². The molecule has 0 aliphatic heterocycles. The summed E-state index contributed by atoms with van der Waals surface area (Å²) in [7, 11) is 0. The Labute approximate surface area is 126 Å². The summed E-state index contributed by atoms with van der Waals surface area (Å²) in [6, 6.07) is 3.83. The number of halogens is 3. The average molecular weight is 314 g/mol. The fraction of sp³-hybridized carbons (Fsp3) is 0.400. The lowest BCUT2D eigenvalue weighted by Crippen LogP contribution is -2.43. The molecule has 1 aromatic rings. The molecule has 7 heteroatoms. The van der Waals surface area contributed by atoms with Gasteiger partial charge in [-0.3, -0.25) is 0 Å². The largest absolute Gasteiger partial charge is 0.416 e. The summed E-state index contributed by atoms with van der Waals surface area (Å²) in [6.45, 7) is 1.64. The first kappa shape index (κ1) is 17.9. The van der Waals surface area contributed by atoms with Crippen LogP contribution in [0.25, 0.3) is 0 Å². The molecule has 22 heavy (non-hydrogen) atoms. The van der Waals surface area contributed by atoms with Crippen molar-refractivity contribution in [3.8, 4) is 11.8 Å². The van der Waals surface area contributed by atoms with Crippen molar-refractivity contribution in [2.75, 3.05) is 13.2 Å². The molecule has 0 radical (unpaired) electrons. The van der Waals surface area contributed by atoms with Crippen molar-refractivity contribution >= 4 is 6.03 Å². The normalized spacial score (nSPS) is 12.0. The van der Waals surface area contributed by atoms with Crippen molar-refractivity contribution < 1.29 is 23.1 Å². The molecule has 1 rings (SSSR count). The molecular weight excluding hydrogens is 297 g/mol. The summed E-state index contributed by atoms with van der Waals surface area (Å²) in [5.74, 6) is 5.12. The number of rotatable bonds is 4. The predicted octanol–water partition coefficient (Wildman–Crippen LogP) is 2.13. The van der Waals surface area contributed by atoms with Crippen molar-refractivity contribution in [2.24, 2.45) is 0 Å². The Hall–Kier alpha value is -2.20. The van der Waals surface area contributed by atoms with Gasteiger partial charge in [-0.2, -0.15) is 13.2 Å². The van der Waals surface area contributed by atoms with Crippen molar-refractivity contribution in [3.63, 3.8) is 0 Å². The molecule has 0 heterocycles. The molecule has 0 saturated carbocycles. The van der Waals surface area contributed by atoms with Crippen LogP contribution in [0.5, 0.6) is 0 Å². The number of carbonyl (C=O) groups excluding carboxylic acids is 1. The molecule has 0 fully saturated rings. The predicted molar refractivity (Wildman–Crippen MR) is 76.0 cm³/mol. The van der Waals surface area contributed by atoms with Crippen molar-refractivity contribution in [3.05, 3.63) is 35.4 Å². The molecule has 0 bridgehead atoms. The van der Waals surface area contributed by atoms with Gasteiger partial charge >= 0.3 is 12.2 Å². The van der Waals surface area contributed by atoms with Crippen molar-refractivity contribution in [1.29, 1.82) is 0 Å². The summed E-state index contributed by atoms with van der Waals surface area (Å²) in [4.78, 5) is 11.4. The number of carbonyl (C=O) groups is 1. The van der Waals surface area contributed by atoms with Gasteiger partial charge in [0.2, 0.25) is 0 Å². The lowest BCUT2D eigenvalue weighted by atomic mass is 10.1. The van der Waals surface area contributed by atoms with Gasteiger partial charge in [0, 0.05) is 5.56 Å². The van der Waals surface area contributed by atoms with Crippen LogP contribution in [-0.4, -0.2) is 30.3 Å². The number of benzene rings is 1. The first-order valence-electron chi connectivity index (χ1n) is 6.68. The maximum absolute atomic E-state index is 12.5. The van der Waals surface area contributed by atoms with Gasteiger partial charge in [0.25, 0.3) is 0 Å². The van der Waals surface area contributed by atoms with E-state index in [0.717, 1.165) is 12.1 Å². The zero-order valence-electron chi connectivity index (χ0n) is 12.0. The number of aliphatic hydroxyl groups excluding tert-OH is 1. The summed E-state index contributed by atoms with van der Waals surface area (Å²) in [5.41, 5.74) is -0.544. The van der Waals surface area contributed by atoms with Gasteiger partial charge < -0.3 is 15.7 Å². The Kier molecular flexibility index (Phi) is 6.73. The Bertz CT molecular complexity index is 558. The minimum absolute atomic E-state index is 0.00998. The first-order chi connectivity index (χ1) is 10.4. The topological polar surface area (TPSA) is 61.4 Å². The second-order valence-electron chi connectivity index (χ2n) is 4.50. The summed E-state index contributed by atoms with van der Waals surface area (Å²) in [5, 5.41) is 13.9. The minimum Gasteiger partial charge on any atom is -0.394 e. The minimum atomic E-state index is -4.41. The Morgan fingerprint density at radius 1 is 1.41 bits per heavy atom. The van der Waals surface area contributed by atoms with E-state index in [-0.39, 0.29) is 24.8 Å². The summed E-state index contributed by atoms with van der Waals surface area (Å²) < 4.78 is 37.6. The number of hydrogen-bond acceptors (Lipinski definition) is 2. The quantitative estimate of drug-likeness (QED) is 0.746. The lowest BCUT2D eigenvalue weighted by molar-refractivity contribution is -0.137. The van der Waals surface area contributed by atoms with Gasteiger partial charge in [-0.25, -0.2) is 4.79 Å². The molecule has 0 aliphatic rings. The average Bonchev–Trinajstić information content (AvgIpc) is 2.48. The Morgan fingerprint density at radius 2 is 2.14 bits per heavy atom. The monoisotopic (exact) mass is 314 g/mol. The van der Waals surface area contributed by atoms with Gasteiger partial charge in [-0.05, 0) is 24.6 Å². The van der Waals surface area contributed by atoms with Crippen LogP contribution in [0.4, 0.5) is 18.0 Å². The van der Waals surface area contributed by atoms with Crippen LogP contribution in [0, 0.1) is 11.8 Å². The molecule has 0 spiro atoms. The van der Waals surface area contributed by atoms with Crippen molar-refractivity contribution in [1.82, 2.24) is 10.6 Å². The van der Waals surface area contributed by atoms with Crippen molar-refractivity contribution in [2.45, 2.75) is 25.6 Å². The van der Waals surface area contributed by atoms with E-state index in [4.69, 9.17) is 5.11 Å². The van der Waals surface area contributed by atoms with Gasteiger partial charge in [-0.1, -0.05) is 24.8 Å². The maximum Gasteiger partial charge on any atom is 0.416 e. The molecule has 1 unspecified atom stereocenters. The number of aliphatic hydroxyl groups is 1. The first-order valence-corrected chi connectivity index (χ1v) is 6.68.